The summed E-state index contributed by atoms with van der Waals surface area (Å²) in [5, 5.41) is 3.66. The van der Waals surface area contributed by atoms with Crippen LogP contribution in [0.5, 0.6) is 17.2 Å². The maximum atomic E-state index is 6.06. The summed E-state index contributed by atoms with van der Waals surface area (Å²) in [7, 11) is 1.51. The van der Waals surface area contributed by atoms with Gasteiger partial charge in [0.05, 0.1) is 12.8 Å². The lowest BCUT2D eigenvalue weighted by molar-refractivity contribution is 0.212. The van der Waals surface area contributed by atoms with E-state index in [4.69, 9.17) is 14.2 Å². The van der Waals surface area contributed by atoms with Crippen molar-refractivity contribution >= 4 is 6.21 Å². The molecule has 0 unspecified atom stereocenters. The van der Waals surface area contributed by atoms with Gasteiger partial charge in [-0.05, 0) is 74.6 Å². The Balaban J connectivity index is 1.82. The van der Waals surface area contributed by atoms with Crippen molar-refractivity contribution in [1.29, 1.82) is 0 Å². The minimum Gasteiger partial charge on any atom is -0.493 e. The quantitative estimate of drug-likeness (QED) is 0.212. The third-order valence-electron chi connectivity index (χ3n) is 4.27. The molecule has 0 saturated heterocycles. The van der Waals surface area contributed by atoms with Crippen LogP contribution in [0.15, 0.2) is 53.7 Å². The van der Waals surface area contributed by atoms with Crippen molar-refractivity contribution in [1.82, 2.24) is 0 Å². The van der Waals surface area contributed by atoms with E-state index in [0.717, 1.165) is 41.2 Å². The van der Waals surface area contributed by atoms with Gasteiger partial charge in [0, 0.05) is 0 Å². The van der Waals surface area contributed by atoms with Crippen LogP contribution >= 0.6 is 0 Å². The second kappa shape index (κ2) is 12.5. The number of nitrogens with zero attached hydrogens (tertiary/aromatic N) is 1. The summed E-state index contributed by atoms with van der Waals surface area (Å²) in [4.78, 5) is 4.62. The van der Waals surface area contributed by atoms with E-state index in [1.165, 1.54) is 12.7 Å². The van der Waals surface area contributed by atoms with E-state index in [2.05, 4.69) is 29.9 Å². The molecule has 0 aliphatic heterocycles. The molecule has 5 heteroatoms. The Morgan fingerprint density at radius 1 is 0.931 bits per heavy atom. The molecular formula is C24H31NO4. The van der Waals surface area contributed by atoms with Gasteiger partial charge in [0.2, 0.25) is 0 Å². The van der Waals surface area contributed by atoms with Crippen LogP contribution in [0.3, 0.4) is 0 Å². The summed E-state index contributed by atoms with van der Waals surface area (Å²) in [6, 6.07) is 12.1. The molecule has 2 aromatic rings. The summed E-state index contributed by atoms with van der Waals surface area (Å²) >= 11 is 0. The van der Waals surface area contributed by atoms with Gasteiger partial charge in [-0.3, -0.25) is 0 Å². The molecule has 29 heavy (non-hydrogen) atoms. The van der Waals surface area contributed by atoms with Gasteiger partial charge in [0.15, 0.2) is 0 Å². The van der Waals surface area contributed by atoms with Gasteiger partial charge in [-0.15, -0.1) is 0 Å². The normalized spacial score (nSPS) is 11.2. The molecule has 0 N–H and O–H groups in total. The summed E-state index contributed by atoms with van der Waals surface area (Å²) in [6.45, 7) is 7.71. The fraction of sp³-hybridized carbons (Fsp3) is 0.375. The van der Waals surface area contributed by atoms with Gasteiger partial charge in [0.25, 0.3) is 0 Å². The Labute approximate surface area is 173 Å². The smallest absolute Gasteiger partial charge is 0.127 e. The van der Waals surface area contributed by atoms with Crippen molar-refractivity contribution in [3.8, 4) is 17.2 Å². The molecule has 0 fully saturated rings. The van der Waals surface area contributed by atoms with E-state index in [-0.39, 0.29) is 0 Å². The largest absolute Gasteiger partial charge is 0.493 e. The van der Waals surface area contributed by atoms with Crippen molar-refractivity contribution in [3.05, 3.63) is 65.2 Å². The topological polar surface area (TPSA) is 49.3 Å². The second-order valence-electron chi connectivity index (χ2n) is 6.65. The van der Waals surface area contributed by atoms with Crippen molar-refractivity contribution in [2.45, 2.75) is 33.6 Å². The van der Waals surface area contributed by atoms with Crippen molar-refractivity contribution in [2.75, 3.05) is 26.9 Å². The lowest BCUT2D eigenvalue weighted by Gasteiger charge is -2.14. The van der Waals surface area contributed by atoms with E-state index in [9.17, 15) is 0 Å². The molecule has 0 atom stereocenters. The van der Waals surface area contributed by atoms with E-state index >= 15 is 0 Å². The number of benzene rings is 2. The van der Waals surface area contributed by atoms with Crippen LogP contribution in [0, 0.1) is 13.8 Å². The number of hydrogen-bond donors (Lipinski definition) is 0. The minimum atomic E-state index is 0.382. The summed E-state index contributed by atoms with van der Waals surface area (Å²) in [5.74, 6) is 2.64. The van der Waals surface area contributed by atoms with Crippen LogP contribution in [0.25, 0.3) is 0 Å². The first-order valence-corrected chi connectivity index (χ1v) is 9.88. The highest BCUT2D eigenvalue weighted by Gasteiger charge is 2.07. The summed E-state index contributed by atoms with van der Waals surface area (Å²) in [6.07, 6.45) is 7.40. The highest BCUT2D eigenvalue weighted by Crippen LogP contribution is 2.28. The molecule has 0 amide bonds. The van der Waals surface area contributed by atoms with Crippen LogP contribution in [-0.4, -0.2) is 33.1 Å². The van der Waals surface area contributed by atoms with Crippen LogP contribution in [-0.2, 0) is 11.3 Å². The van der Waals surface area contributed by atoms with Gasteiger partial charge >= 0.3 is 0 Å². The maximum absolute atomic E-state index is 6.06. The standard InChI is InChI=1S/C24H31NO4/c1-5-6-13-27-23-16-19(2)24(20(3)17-23)29-14-8-10-21-9-7-11-22(18-21)28-15-12-25-26-4/h5-7,9,11-12,16-18H,8,10,13-15H2,1-4H3/b6-5+,25-12-. The second-order valence-corrected chi connectivity index (χ2v) is 6.65. The molecule has 2 aromatic carbocycles. The van der Waals surface area contributed by atoms with Gasteiger partial charge in [-0.1, -0.05) is 29.4 Å². The zero-order valence-electron chi connectivity index (χ0n) is 17.8. The van der Waals surface area contributed by atoms with E-state index in [1.807, 2.05) is 49.4 Å². The average molecular weight is 398 g/mol. The number of hydrogen-bond acceptors (Lipinski definition) is 5. The predicted octanol–water partition coefficient (Wildman–Crippen LogP) is 5.28. The predicted molar refractivity (Wildman–Crippen MR) is 117 cm³/mol. The molecule has 2 rings (SSSR count). The number of aryl methyl sites for hydroxylation is 3. The van der Waals surface area contributed by atoms with Gasteiger partial charge in [-0.2, -0.15) is 0 Å². The number of ether oxygens (including phenoxy) is 3. The Hall–Kier alpha value is -2.95. The lowest BCUT2D eigenvalue weighted by atomic mass is 10.1. The van der Waals surface area contributed by atoms with Crippen LogP contribution in [0.4, 0.5) is 0 Å². The van der Waals surface area contributed by atoms with E-state index in [1.54, 1.807) is 6.21 Å². The molecule has 0 aliphatic carbocycles. The van der Waals surface area contributed by atoms with Crippen LogP contribution in [0.1, 0.15) is 30.0 Å². The Morgan fingerprint density at radius 3 is 2.41 bits per heavy atom. The first-order chi connectivity index (χ1) is 14.1. The Bertz CT molecular complexity index is 791. The number of rotatable bonds is 12. The Kier molecular flexibility index (Phi) is 9.63. The first kappa shape index (κ1) is 22.3. The Morgan fingerprint density at radius 2 is 1.69 bits per heavy atom. The van der Waals surface area contributed by atoms with Crippen molar-refractivity contribution < 1.29 is 19.0 Å². The number of oxime groups is 1. The molecular weight excluding hydrogens is 366 g/mol. The van der Waals surface area contributed by atoms with Crippen LogP contribution < -0.4 is 14.2 Å². The summed E-state index contributed by atoms with van der Waals surface area (Å²) < 4.78 is 17.4. The molecule has 0 saturated carbocycles. The molecule has 0 radical (unpaired) electrons. The fourth-order valence-electron chi connectivity index (χ4n) is 2.94. The molecule has 0 heterocycles. The fourth-order valence-corrected chi connectivity index (χ4v) is 2.94. The van der Waals surface area contributed by atoms with E-state index < -0.39 is 0 Å². The molecule has 5 nitrogen and oxygen atoms in total. The minimum absolute atomic E-state index is 0.382. The van der Waals surface area contributed by atoms with Crippen molar-refractivity contribution in [3.63, 3.8) is 0 Å². The van der Waals surface area contributed by atoms with Crippen LogP contribution in [0.2, 0.25) is 0 Å². The molecule has 0 bridgehead atoms. The third kappa shape index (κ3) is 7.90. The van der Waals surface area contributed by atoms with Gasteiger partial charge in [-0.25, -0.2) is 0 Å². The summed E-state index contributed by atoms with van der Waals surface area (Å²) in [5.41, 5.74) is 3.40. The average Bonchev–Trinajstić information content (AvgIpc) is 2.71. The highest BCUT2D eigenvalue weighted by atomic mass is 16.6. The van der Waals surface area contributed by atoms with Gasteiger partial charge < -0.3 is 19.0 Å². The zero-order valence-corrected chi connectivity index (χ0v) is 17.8. The third-order valence-corrected chi connectivity index (χ3v) is 4.27. The number of allylic oxidation sites excluding steroid dienone is 1. The maximum Gasteiger partial charge on any atom is 0.127 e. The van der Waals surface area contributed by atoms with Crippen molar-refractivity contribution in [2.24, 2.45) is 5.16 Å². The molecule has 156 valence electrons. The SMILES string of the molecule is C/C=C/COc1cc(C)c(OCCCc2cccc(OC/C=N\OC)c2)c(C)c1. The lowest BCUT2D eigenvalue weighted by Crippen LogP contribution is -2.03. The monoisotopic (exact) mass is 397 g/mol. The first-order valence-electron chi connectivity index (χ1n) is 9.88. The molecule has 0 aromatic heterocycles. The van der Waals surface area contributed by atoms with Gasteiger partial charge in [0.1, 0.15) is 37.6 Å². The zero-order chi connectivity index (χ0) is 20.9. The van der Waals surface area contributed by atoms with E-state index in [0.29, 0.717) is 19.8 Å². The molecule has 0 aliphatic rings. The highest BCUT2D eigenvalue weighted by molar-refractivity contribution is 5.58. The molecule has 0 spiro atoms.